The van der Waals surface area contributed by atoms with Gasteiger partial charge in [0.2, 0.25) is 0 Å². The third kappa shape index (κ3) is 4.78. The van der Waals surface area contributed by atoms with Crippen LogP contribution in [0, 0.1) is 0 Å². The third-order valence-electron chi connectivity index (χ3n) is 2.94. The molecule has 2 nitrogen and oxygen atoms in total. The van der Waals surface area contributed by atoms with Crippen LogP contribution in [0.15, 0.2) is 24.3 Å². The Hall–Kier alpha value is -1.02. The summed E-state index contributed by atoms with van der Waals surface area (Å²) in [5, 5.41) is 3.50. The molecule has 0 bridgehead atoms. The van der Waals surface area contributed by atoms with Crippen LogP contribution in [-0.2, 0) is 6.54 Å². The predicted molar refractivity (Wildman–Crippen MR) is 76.6 cm³/mol. The van der Waals surface area contributed by atoms with Gasteiger partial charge in [0.25, 0.3) is 0 Å². The molecule has 0 aliphatic carbocycles. The monoisotopic (exact) mass is 234 g/mol. The minimum absolute atomic E-state index is 0.174. The van der Waals surface area contributed by atoms with E-state index in [-0.39, 0.29) is 5.54 Å². The summed E-state index contributed by atoms with van der Waals surface area (Å²) in [5.74, 6) is 0. The Labute approximate surface area is 106 Å². The fourth-order valence-corrected chi connectivity index (χ4v) is 1.51. The van der Waals surface area contributed by atoms with E-state index in [2.05, 4.69) is 76.1 Å². The highest BCUT2D eigenvalue weighted by molar-refractivity contribution is 5.47. The molecular formula is C15H26N2. The fourth-order valence-electron chi connectivity index (χ4n) is 1.51. The van der Waals surface area contributed by atoms with E-state index in [0.29, 0.717) is 6.04 Å². The molecule has 0 fully saturated rings. The molecular weight excluding hydrogens is 208 g/mol. The highest BCUT2D eigenvalue weighted by Crippen LogP contribution is 2.16. The maximum atomic E-state index is 3.50. The fraction of sp³-hybridized carbons (Fsp3) is 0.600. The first-order valence-corrected chi connectivity index (χ1v) is 6.36. The lowest BCUT2D eigenvalue weighted by Crippen LogP contribution is -2.35. The molecule has 1 rings (SSSR count). The Morgan fingerprint density at radius 2 is 1.65 bits per heavy atom. The van der Waals surface area contributed by atoms with Gasteiger partial charge in [0.1, 0.15) is 0 Å². The number of anilines is 1. The first kappa shape index (κ1) is 14.0. The Kier molecular flexibility index (Phi) is 4.58. The van der Waals surface area contributed by atoms with Crippen LogP contribution >= 0.6 is 0 Å². The number of nitrogens with one attached hydrogen (secondary N) is 1. The van der Waals surface area contributed by atoms with Gasteiger partial charge < -0.3 is 10.2 Å². The molecule has 1 N–H and O–H groups in total. The van der Waals surface area contributed by atoms with Gasteiger partial charge in [-0.1, -0.05) is 12.1 Å². The van der Waals surface area contributed by atoms with Crippen molar-refractivity contribution in [1.82, 2.24) is 5.32 Å². The molecule has 0 saturated carbocycles. The summed E-state index contributed by atoms with van der Waals surface area (Å²) in [6.07, 6.45) is 0. The minimum Gasteiger partial charge on any atom is -0.372 e. The molecule has 0 aromatic heterocycles. The molecule has 0 spiro atoms. The van der Waals surface area contributed by atoms with Gasteiger partial charge in [0.05, 0.1) is 0 Å². The molecule has 1 aromatic rings. The lowest BCUT2D eigenvalue weighted by atomic mass is 10.1. The SMILES string of the molecule is CC(C)N(C)c1ccc(CNC(C)(C)C)cc1. The molecule has 0 unspecified atom stereocenters. The smallest absolute Gasteiger partial charge is 0.0366 e. The zero-order chi connectivity index (χ0) is 13.1. The van der Waals surface area contributed by atoms with E-state index in [1.165, 1.54) is 11.3 Å². The van der Waals surface area contributed by atoms with E-state index in [1.807, 2.05) is 0 Å². The third-order valence-corrected chi connectivity index (χ3v) is 2.94. The number of benzene rings is 1. The molecule has 0 aliphatic rings. The Balaban J connectivity index is 2.62. The van der Waals surface area contributed by atoms with Crippen LogP contribution in [0.5, 0.6) is 0 Å². The van der Waals surface area contributed by atoms with Crippen molar-refractivity contribution < 1.29 is 0 Å². The van der Waals surface area contributed by atoms with E-state index in [1.54, 1.807) is 0 Å². The van der Waals surface area contributed by atoms with Crippen molar-refractivity contribution in [3.8, 4) is 0 Å². The molecule has 17 heavy (non-hydrogen) atoms. The lowest BCUT2D eigenvalue weighted by molar-refractivity contribution is 0.424. The Morgan fingerprint density at radius 3 is 2.06 bits per heavy atom. The van der Waals surface area contributed by atoms with Crippen molar-refractivity contribution in [3.63, 3.8) is 0 Å². The molecule has 0 radical (unpaired) electrons. The molecule has 0 atom stereocenters. The van der Waals surface area contributed by atoms with Crippen molar-refractivity contribution in [2.24, 2.45) is 0 Å². The van der Waals surface area contributed by atoms with E-state index in [0.717, 1.165) is 6.54 Å². The van der Waals surface area contributed by atoms with Crippen molar-refractivity contribution in [2.45, 2.75) is 52.7 Å². The van der Waals surface area contributed by atoms with Gasteiger partial charge in [-0.15, -0.1) is 0 Å². The van der Waals surface area contributed by atoms with Crippen molar-refractivity contribution in [1.29, 1.82) is 0 Å². The predicted octanol–water partition coefficient (Wildman–Crippen LogP) is 3.42. The molecule has 1 aromatic carbocycles. The summed E-state index contributed by atoms with van der Waals surface area (Å²) in [4.78, 5) is 2.28. The molecule has 0 amide bonds. The van der Waals surface area contributed by atoms with Gasteiger partial charge in [-0.3, -0.25) is 0 Å². The topological polar surface area (TPSA) is 15.3 Å². The molecule has 0 aliphatic heterocycles. The van der Waals surface area contributed by atoms with Crippen LogP contribution in [-0.4, -0.2) is 18.6 Å². The molecule has 2 heteroatoms. The number of hydrogen-bond acceptors (Lipinski definition) is 2. The second kappa shape index (κ2) is 5.54. The van der Waals surface area contributed by atoms with Crippen molar-refractivity contribution in [2.75, 3.05) is 11.9 Å². The quantitative estimate of drug-likeness (QED) is 0.858. The minimum atomic E-state index is 0.174. The Morgan fingerprint density at radius 1 is 1.12 bits per heavy atom. The zero-order valence-corrected chi connectivity index (χ0v) is 12.0. The molecule has 0 saturated heterocycles. The number of nitrogens with zero attached hydrogens (tertiary/aromatic N) is 1. The van der Waals surface area contributed by atoms with E-state index in [4.69, 9.17) is 0 Å². The van der Waals surface area contributed by atoms with Gasteiger partial charge in [0, 0.05) is 30.9 Å². The van der Waals surface area contributed by atoms with Crippen LogP contribution in [0.1, 0.15) is 40.2 Å². The highest BCUT2D eigenvalue weighted by atomic mass is 15.1. The standard InChI is InChI=1S/C15H26N2/c1-12(2)17(6)14-9-7-13(8-10-14)11-16-15(3,4)5/h7-10,12,16H,11H2,1-6H3. The summed E-state index contributed by atoms with van der Waals surface area (Å²) < 4.78 is 0. The number of hydrogen-bond donors (Lipinski definition) is 1. The van der Waals surface area contributed by atoms with E-state index >= 15 is 0 Å². The summed E-state index contributed by atoms with van der Waals surface area (Å²) in [6, 6.07) is 9.33. The molecule has 0 heterocycles. The maximum Gasteiger partial charge on any atom is 0.0366 e. The van der Waals surface area contributed by atoms with Crippen molar-refractivity contribution >= 4 is 5.69 Å². The van der Waals surface area contributed by atoms with Gasteiger partial charge in [0.15, 0.2) is 0 Å². The maximum absolute atomic E-state index is 3.50. The van der Waals surface area contributed by atoms with Crippen LogP contribution < -0.4 is 10.2 Å². The second-order valence-electron chi connectivity index (χ2n) is 5.97. The second-order valence-corrected chi connectivity index (χ2v) is 5.97. The van der Waals surface area contributed by atoms with E-state index in [9.17, 15) is 0 Å². The highest BCUT2D eigenvalue weighted by Gasteiger charge is 2.09. The zero-order valence-electron chi connectivity index (χ0n) is 12.0. The van der Waals surface area contributed by atoms with Crippen molar-refractivity contribution in [3.05, 3.63) is 29.8 Å². The summed E-state index contributed by atoms with van der Waals surface area (Å²) in [6.45, 7) is 11.9. The average Bonchev–Trinajstić information content (AvgIpc) is 2.25. The van der Waals surface area contributed by atoms with Gasteiger partial charge in [-0.05, 0) is 52.3 Å². The van der Waals surface area contributed by atoms with Crippen LogP contribution in [0.2, 0.25) is 0 Å². The van der Waals surface area contributed by atoms with E-state index < -0.39 is 0 Å². The first-order chi connectivity index (χ1) is 7.79. The van der Waals surface area contributed by atoms with Gasteiger partial charge in [-0.25, -0.2) is 0 Å². The largest absolute Gasteiger partial charge is 0.372 e. The summed E-state index contributed by atoms with van der Waals surface area (Å²) in [5.41, 5.74) is 2.79. The first-order valence-electron chi connectivity index (χ1n) is 6.36. The van der Waals surface area contributed by atoms with Crippen LogP contribution in [0.4, 0.5) is 5.69 Å². The Bertz CT molecular complexity index is 333. The summed E-state index contributed by atoms with van der Waals surface area (Å²) in [7, 11) is 2.13. The van der Waals surface area contributed by atoms with Crippen LogP contribution in [0.25, 0.3) is 0 Å². The normalized spacial score (nSPS) is 11.9. The van der Waals surface area contributed by atoms with Crippen LogP contribution in [0.3, 0.4) is 0 Å². The number of rotatable bonds is 4. The van der Waals surface area contributed by atoms with Gasteiger partial charge in [-0.2, -0.15) is 0 Å². The van der Waals surface area contributed by atoms with Gasteiger partial charge >= 0.3 is 0 Å². The molecule has 96 valence electrons. The summed E-state index contributed by atoms with van der Waals surface area (Å²) >= 11 is 0. The average molecular weight is 234 g/mol. The lowest BCUT2D eigenvalue weighted by Gasteiger charge is -2.24.